The van der Waals surface area contributed by atoms with Gasteiger partial charge in [-0.05, 0) is 91.4 Å². The number of methoxy groups -OCH3 is 1. The minimum Gasteiger partial charge on any atom is -0.359 e. The molecule has 3 heteroatoms. The van der Waals surface area contributed by atoms with Gasteiger partial charge in [-0.15, -0.1) is 0 Å². The molecule has 182 valence electrons. The van der Waals surface area contributed by atoms with Gasteiger partial charge in [-0.3, -0.25) is 4.79 Å². The van der Waals surface area contributed by atoms with Crippen LogP contribution in [0.15, 0.2) is 11.6 Å². The number of carbonyl (C=O) groups is 1. The molecule has 0 N–H and O–H groups in total. The van der Waals surface area contributed by atoms with Crippen LogP contribution in [0.25, 0.3) is 0 Å². The molecule has 0 aliphatic heterocycles. The zero-order valence-electron chi connectivity index (χ0n) is 21.6. The van der Waals surface area contributed by atoms with E-state index in [1.165, 1.54) is 44.9 Å². The first-order valence-corrected chi connectivity index (χ1v) is 13.6. The average molecular weight is 445 g/mol. The summed E-state index contributed by atoms with van der Waals surface area (Å²) in [6, 6.07) is 0. The van der Waals surface area contributed by atoms with E-state index in [2.05, 4.69) is 40.7 Å². The highest BCUT2D eigenvalue weighted by Crippen LogP contribution is 2.66. The number of hydrogen-bond donors (Lipinski definition) is 0. The van der Waals surface area contributed by atoms with E-state index in [1.54, 1.807) is 12.7 Å². The fourth-order valence-electron chi connectivity index (χ4n) is 8.67. The van der Waals surface area contributed by atoms with Crippen molar-refractivity contribution in [2.24, 2.45) is 46.3 Å². The van der Waals surface area contributed by atoms with Crippen molar-refractivity contribution in [3.8, 4) is 0 Å². The van der Waals surface area contributed by atoms with Crippen molar-refractivity contribution < 1.29 is 14.3 Å². The highest BCUT2D eigenvalue weighted by molar-refractivity contribution is 5.94. The molecule has 0 heterocycles. The third-order valence-corrected chi connectivity index (χ3v) is 10.5. The Morgan fingerprint density at radius 2 is 1.69 bits per heavy atom. The van der Waals surface area contributed by atoms with Gasteiger partial charge in [0.05, 0.1) is 6.10 Å². The fourth-order valence-corrected chi connectivity index (χ4v) is 8.67. The molecule has 3 saturated carbocycles. The van der Waals surface area contributed by atoms with Crippen LogP contribution in [0.3, 0.4) is 0 Å². The lowest BCUT2D eigenvalue weighted by Crippen LogP contribution is -2.52. The molecule has 3 nitrogen and oxygen atoms in total. The Morgan fingerprint density at radius 1 is 0.969 bits per heavy atom. The van der Waals surface area contributed by atoms with Gasteiger partial charge in [-0.1, -0.05) is 59.5 Å². The van der Waals surface area contributed by atoms with E-state index in [1.807, 2.05) is 0 Å². The number of ketones is 1. The second-order valence-electron chi connectivity index (χ2n) is 12.7. The van der Waals surface area contributed by atoms with Crippen LogP contribution in [0.2, 0.25) is 0 Å². The summed E-state index contributed by atoms with van der Waals surface area (Å²) in [6.45, 7) is 12.6. The van der Waals surface area contributed by atoms with Crippen LogP contribution in [-0.4, -0.2) is 25.8 Å². The molecule has 0 aromatic carbocycles. The van der Waals surface area contributed by atoms with Crippen LogP contribution in [-0.2, 0) is 14.3 Å². The molecule has 4 aliphatic rings. The highest BCUT2D eigenvalue weighted by Gasteiger charge is 2.59. The molecule has 32 heavy (non-hydrogen) atoms. The minimum absolute atomic E-state index is 0.121. The van der Waals surface area contributed by atoms with Gasteiger partial charge in [0.2, 0.25) is 0 Å². The van der Waals surface area contributed by atoms with Gasteiger partial charge < -0.3 is 9.47 Å². The first kappa shape index (κ1) is 24.5. The van der Waals surface area contributed by atoms with Crippen LogP contribution in [0.4, 0.5) is 0 Å². The Balaban J connectivity index is 1.51. The van der Waals surface area contributed by atoms with Crippen LogP contribution in [0, 0.1) is 46.3 Å². The Morgan fingerprint density at radius 3 is 2.41 bits per heavy atom. The molecule has 0 saturated heterocycles. The highest BCUT2D eigenvalue weighted by atomic mass is 16.7. The predicted molar refractivity (Wildman–Crippen MR) is 130 cm³/mol. The number of fused-ring (bicyclic) bond motifs is 5. The Labute approximate surface area is 197 Å². The lowest BCUT2D eigenvalue weighted by atomic mass is 9.47. The second kappa shape index (κ2) is 9.53. The van der Waals surface area contributed by atoms with Crippen molar-refractivity contribution >= 4 is 5.78 Å². The second-order valence-corrected chi connectivity index (χ2v) is 12.7. The third kappa shape index (κ3) is 4.26. The van der Waals surface area contributed by atoms with Gasteiger partial charge in [0.25, 0.3) is 0 Å². The summed E-state index contributed by atoms with van der Waals surface area (Å²) in [4.78, 5) is 13.5. The summed E-state index contributed by atoms with van der Waals surface area (Å²) in [6.07, 6.45) is 14.7. The molecular formula is C29H48O3. The Bertz CT molecular complexity index is 711. The van der Waals surface area contributed by atoms with Crippen molar-refractivity contribution in [2.75, 3.05) is 13.9 Å². The van der Waals surface area contributed by atoms with Crippen LogP contribution >= 0.6 is 0 Å². The molecule has 3 fully saturated rings. The minimum atomic E-state index is 0.121. The number of rotatable bonds is 8. The van der Waals surface area contributed by atoms with Gasteiger partial charge in [0.15, 0.2) is 5.78 Å². The molecule has 0 bridgehead atoms. The van der Waals surface area contributed by atoms with Crippen molar-refractivity contribution in [3.63, 3.8) is 0 Å². The summed E-state index contributed by atoms with van der Waals surface area (Å²) in [5.74, 6) is 4.18. The number of ether oxygens (including phenoxy) is 2. The van der Waals surface area contributed by atoms with E-state index >= 15 is 0 Å². The summed E-state index contributed by atoms with van der Waals surface area (Å²) in [5.41, 5.74) is 2.06. The summed E-state index contributed by atoms with van der Waals surface area (Å²) in [5, 5.41) is 0. The van der Waals surface area contributed by atoms with Crippen molar-refractivity contribution in [2.45, 2.75) is 105 Å². The lowest BCUT2D eigenvalue weighted by Gasteiger charge is -2.57. The van der Waals surface area contributed by atoms with E-state index in [-0.39, 0.29) is 17.4 Å². The molecule has 2 unspecified atom stereocenters. The molecule has 0 radical (unpaired) electrons. The van der Waals surface area contributed by atoms with Gasteiger partial charge in [-0.2, -0.15) is 0 Å². The molecule has 0 aromatic heterocycles. The molecule has 0 spiro atoms. The van der Waals surface area contributed by atoms with Gasteiger partial charge in [0, 0.05) is 13.0 Å². The normalized spacial score (nSPS) is 42.3. The first-order valence-electron chi connectivity index (χ1n) is 13.6. The van der Waals surface area contributed by atoms with Crippen molar-refractivity contribution in [1.82, 2.24) is 0 Å². The van der Waals surface area contributed by atoms with E-state index in [0.717, 1.165) is 37.0 Å². The molecule has 4 aliphatic carbocycles. The van der Waals surface area contributed by atoms with Crippen LogP contribution in [0.1, 0.15) is 98.8 Å². The summed E-state index contributed by atoms with van der Waals surface area (Å²) >= 11 is 0. The zero-order valence-corrected chi connectivity index (χ0v) is 21.6. The van der Waals surface area contributed by atoms with Crippen molar-refractivity contribution in [3.05, 3.63) is 11.6 Å². The van der Waals surface area contributed by atoms with E-state index in [0.29, 0.717) is 29.8 Å². The number of allylic oxidation sites excluding steroid dienone is 2. The molecule has 0 aromatic rings. The standard InChI is InChI=1S/C29H48O3/c1-19(2)8-7-9-20(3)23-10-11-24-22-17-27(30)26-16-21(32-18-31-6)12-14-29(26,5)25(22)13-15-28(23,24)4/h17,19-21,23-26H,7-16,18H2,1-6H3/t20-,21?,23-,24+,25+,26?,28-,29-/m1/s1. The van der Waals surface area contributed by atoms with Crippen molar-refractivity contribution in [1.29, 1.82) is 0 Å². The predicted octanol–water partition coefficient (Wildman–Crippen LogP) is 7.20. The van der Waals surface area contributed by atoms with Crippen LogP contribution in [0.5, 0.6) is 0 Å². The molecular weight excluding hydrogens is 396 g/mol. The smallest absolute Gasteiger partial charge is 0.159 e. The average Bonchev–Trinajstić information content (AvgIpc) is 3.10. The van der Waals surface area contributed by atoms with E-state index in [9.17, 15) is 4.79 Å². The monoisotopic (exact) mass is 444 g/mol. The van der Waals surface area contributed by atoms with Gasteiger partial charge in [0.1, 0.15) is 6.79 Å². The number of hydrogen-bond acceptors (Lipinski definition) is 3. The largest absolute Gasteiger partial charge is 0.359 e. The van der Waals surface area contributed by atoms with E-state index in [4.69, 9.17) is 9.47 Å². The SMILES string of the molecule is COCOC1CC[C@@]2(C)C(C1)C(=O)C=C1[C@@H]3CC[C@H]([C@H](C)CCCC(C)C)[C@@]3(C)CC[C@@H]12. The topological polar surface area (TPSA) is 35.5 Å². The third-order valence-electron chi connectivity index (χ3n) is 10.5. The maximum Gasteiger partial charge on any atom is 0.159 e. The molecule has 4 rings (SSSR count). The Hall–Kier alpha value is -0.670. The quantitative estimate of drug-likeness (QED) is 0.371. The lowest BCUT2D eigenvalue weighted by molar-refractivity contribution is -0.142. The van der Waals surface area contributed by atoms with E-state index < -0.39 is 0 Å². The maximum absolute atomic E-state index is 13.5. The zero-order chi connectivity index (χ0) is 23.1. The Kier molecular flexibility index (Phi) is 7.28. The van der Waals surface area contributed by atoms with Gasteiger partial charge in [-0.25, -0.2) is 0 Å². The first-order chi connectivity index (χ1) is 15.2. The summed E-state index contributed by atoms with van der Waals surface area (Å²) in [7, 11) is 1.67. The molecule has 8 atom stereocenters. The van der Waals surface area contributed by atoms with Crippen LogP contribution < -0.4 is 0 Å². The summed E-state index contributed by atoms with van der Waals surface area (Å²) < 4.78 is 11.0. The van der Waals surface area contributed by atoms with Gasteiger partial charge >= 0.3 is 0 Å². The number of carbonyl (C=O) groups excluding carboxylic acids is 1. The fraction of sp³-hybridized carbons (Fsp3) is 0.897. The molecule has 0 amide bonds. The maximum atomic E-state index is 13.5.